The SMILES string of the molecule is CCc1c(CCc2ccc(OCCO)cc2)[nH]c(OCC2COCCO2)cc1=O. The fraction of sp³-hybridized carbons (Fsp3) is 0.500. The predicted octanol–water partition coefficient (Wildman–Crippen LogP) is 1.89. The summed E-state index contributed by atoms with van der Waals surface area (Å²) < 4.78 is 22.1. The van der Waals surface area contributed by atoms with Crippen LogP contribution in [-0.2, 0) is 28.7 Å². The first-order valence-electron chi connectivity index (χ1n) is 10.1. The van der Waals surface area contributed by atoms with E-state index >= 15 is 0 Å². The van der Waals surface area contributed by atoms with Crippen LogP contribution in [0.2, 0.25) is 0 Å². The van der Waals surface area contributed by atoms with Gasteiger partial charge in [-0.05, 0) is 37.0 Å². The van der Waals surface area contributed by atoms with Gasteiger partial charge < -0.3 is 29.0 Å². The van der Waals surface area contributed by atoms with Crippen molar-refractivity contribution in [1.82, 2.24) is 4.98 Å². The van der Waals surface area contributed by atoms with Crippen molar-refractivity contribution in [2.24, 2.45) is 0 Å². The number of ether oxygens (including phenoxy) is 4. The summed E-state index contributed by atoms with van der Waals surface area (Å²) in [5.74, 6) is 1.19. The highest BCUT2D eigenvalue weighted by molar-refractivity contribution is 5.30. The molecule has 2 N–H and O–H groups in total. The minimum absolute atomic E-state index is 0.00673. The van der Waals surface area contributed by atoms with Crippen LogP contribution >= 0.6 is 0 Å². The standard InChI is InChI=1S/C22H29NO6/c1-2-19-20(8-5-16-3-6-17(7-4-16)27-10-9-24)23-22(13-21(19)25)29-15-18-14-26-11-12-28-18/h3-4,6-7,13,18,24H,2,5,8-12,14-15H2,1H3,(H,23,25). The lowest BCUT2D eigenvalue weighted by molar-refractivity contribution is -0.102. The van der Waals surface area contributed by atoms with Gasteiger partial charge in [0.2, 0.25) is 0 Å². The van der Waals surface area contributed by atoms with Crippen LogP contribution < -0.4 is 14.9 Å². The Balaban J connectivity index is 1.63. The largest absolute Gasteiger partial charge is 0.491 e. The summed E-state index contributed by atoms with van der Waals surface area (Å²) in [7, 11) is 0. The van der Waals surface area contributed by atoms with Gasteiger partial charge in [0.05, 0.1) is 26.4 Å². The third-order valence-electron chi connectivity index (χ3n) is 4.81. The second kappa shape index (κ2) is 11.0. The molecule has 0 aliphatic carbocycles. The molecule has 0 saturated carbocycles. The lowest BCUT2D eigenvalue weighted by Crippen LogP contribution is -2.33. The predicted molar refractivity (Wildman–Crippen MR) is 109 cm³/mol. The second-order valence-corrected chi connectivity index (χ2v) is 6.90. The maximum absolute atomic E-state index is 12.5. The third-order valence-corrected chi connectivity index (χ3v) is 4.81. The average Bonchev–Trinajstić information content (AvgIpc) is 2.76. The minimum atomic E-state index is -0.117. The van der Waals surface area contributed by atoms with Crippen LogP contribution in [0.5, 0.6) is 11.6 Å². The topological polar surface area (TPSA) is 90.0 Å². The first-order valence-corrected chi connectivity index (χ1v) is 10.1. The van der Waals surface area contributed by atoms with Gasteiger partial charge in [0, 0.05) is 17.3 Å². The number of H-pyrrole nitrogens is 1. The van der Waals surface area contributed by atoms with E-state index in [2.05, 4.69) is 4.98 Å². The Labute approximate surface area is 170 Å². The fourth-order valence-corrected chi connectivity index (χ4v) is 3.29. The summed E-state index contributed by atoms with van der Waals surface area (Å²) in [6, 6.07) is 9.29. The molecule has 0 radical (unpaired) electrons. The van der Waals surface area contributed by atoms with Crippen molar-refractivity contribution in [2.75, 3.05) is 39.6 Å². The van der Waals surface area contributed by atoms with Crippen molar-refractivity contribution < 1.29 is 24.1 Å². The Hall–Kier alpha value is -2.35. The van der Waals surface area contributed by atoms with Crippen LogP contribution in [-0.4, -0.2) is 55.8 Å². The van der Waals surface area contributed by atoms with Crippen LogP contribution in [0.25, 0.3) is 0 Å². The van der Waals surface area contributed by atoms with Gasteiger partial charge in [-0.1, -0.05) is 19.1 Å². The summed E-state index contributed by atoms with van der Waals surface area (Å²) >= 11 is 0. The number of hydrogen-bond donors (Lipinski definition) is 2. The van der Waals surface area contributed by atoms with E-state index in [4.69, 9.17) is 24.1 Å². The third kappa shape index (κ3) is 6.32. The van der Waals surface area contributed by atoms with E-state index in [0.29, 0.717) is 45.1 Å². The zero-order valence-corrected chi connectivity index (χ0v) is 16.8. The average molecular weight is 403 g/mol. The summed E-state index contributed by atoms with van der Waals surface area (Å²) in [5.41, 5.74) is 2.82. The van der Waals surface area contributed by atoms with Gasteiger partial charge in [-0.25, -0.2) is 0 Å². The molecule has 2 heterocycles. The molecule has 1 fully saturated rings. The van der Waals surface area contributed by atoms with Crippen molar-refractivity contribution in [3.05, 3.63) is 57.4 Å². The molecule has 0 amide bonds. The molecule has 1 atom stereocenters. The van der Waals surface area contributed by atoms with Crippen molar-refractivity contribution in [3.8, 4) is 11.6 Å². The van der Waals surface area contributed by atoms with E-state index in [-0.39, 0.29) is 24.7 Å². The number of benzene rings is 1. The molecule has 158 valence electrons. The van der Waals surface area contributed by atoms with Gasteiger partial charge in [-0.3, -0.25) is 4.79 Å². The monoisotopic (exact) mass is 403 g/mol. The molecule has 2 aromatic rings. The van der Waals surface area contributed by atoms with Gasteiger partial charge in [-0.15, -0.1) is 0 Å². The maximum Gasteiger partial charge on any atom is 0.194 e. The van der Waals surface area contributed by atoms with Crippen LogP contribution in [0.4, 0.5) is 0 Å². The molecular formula is C22H29NO6. The maximum atomic E-state index is 12.5. The van der Waals surface area contributed by atoms with Crippen molar-refractivity contribution in [3.63, 3.8) is 0 Å². The molecule has 7 heteroatoms. The highest BCUT2D eigenvalue weighted by Crippen LogP contribution is 2.16. The Bertz CT molecular complexity index is 811. The van der Waals surface area contributed by atoms with Crippen LogP contribution in [0, 0.1) is 0 Å². The van der Waals surface area contributed by atoms with Crippen LogP contribution in [0.3, 0.4) is 0 Å². The van der Waals surface area contributed by atoms with E-state index in [1.807, 2.05) is 31.2 Å². The van der Waals surface area contributed by atoms with Crippen molar-refractivity contribution >= 4 is 0 Å². The van der Waals surface area contributed by atoms with E-state index in [0.717, 1.165) is 29.0 Å². The van der Waals surface area contributed by atoms with Crippen LogP contribution in [0.15, 0.2) is 35.1 Å². The molecule has 29 heavy (non-hydrogen) atoms. The van der Waals surface area contributed by atoms with Gasteiger partial charge in [0.25, 0.3) is 0 Å². The number of aliphatic hydroxyl groups excluding tert-OH is 1. The number of rotatable bonds is 10. The molecule has 1 aromatic carbocycles. The fourth-order valence-electron chi connectivity index (χ4n) is 3.29. The molecule has 3 rings (SSSR count). The lowest BCUT2D eigenvalue weighted by Gasteiger charge is -2.23. The van der Waals surface area contributed by atoms with E-state index < -0.39 is 0 Å². The van der Waals surface area contributed by atoms with Gasteiger partial charge in [0.1, 0.15) is 25.1 Å². The summed E-state index contributed by atoms with van der Waals surface area (Å²) in [6.07, 6.45) is 2.04. The zero-order valence-electron chi connectivity index (χ0n) is 16.8. The van der Waals surface area contributed by atoms with E-state index in [1.54, 1.807) is 0 Å². The summed E-state index contributed by atoms with van der Waals surface area (Å²) in [4.78, 5) is 15.8. The van der Waals surface area contributed by atoms with Gasteiger partial charge in [0.15, 0.2) is 11.3 Å². The molecule has 1 unspecified atom stereocenters. The summed E-state index contributed by atoms with van der Waals surface area (Å²) in [5, 5.41) is 8.82. The zero-order chi connectivity index (χ0) is 20.5. The highest BCUT2D eigenvalue weighted by atomic mass is 16.6. The first kappa shape index (κ1) is 21.4. The van der Waals surface area contributed by atoms with Crippen molar-refractivity contribution in [2.45, 2.75) is 32.3 Å². The lowest BCUT2D eigenvalue weighted by atomic mass is 10.0. The number of nitrogens with one attached hydrogen (secondary N) is 1. The van der Waals surface area contributed by atoms with Gasteiger partial charge >= 0.3 is 0 Å². The normalized spacial score (nSPS) is 16.6. The van der Waals surface area contributed by atoms with E-state index in [9.17, 15) is 4.79 Å². The molecular weight excluding hydrogens is 374 g/mol. The number of hydrogen-bond acceptors (Lipinski definition) is 6. The quantitative estimate of drug-likeness (QED) is 0.630. The number of aliphatic hydroxyl groups is 1. The number of aromatic amines is 1. The molecule has 7 nitrogen and oxygen atoms in total. The van der Waals surface area contributed by atoms with E-state index in [1.165, 1.54) is 6.07 Å². The highest BCUT2D eigenvalue weighted by Gasteiger charge is 2.16. The Morgan fingerprint density at radius 2 is 2.00 bits per heavy atom. The molecule has 1 aromatic heterocycles. The smallest absolute Gasteiger partial charge is 0.194 e. The Morgan fingerprint density at radius 3 is 2.69 bits per heavy atom. The van der Waals surface area contributed by atoms with Crippen LogP contribution in [0.1, 0.15) is 23.7 Å². The Kier molecular flexibility index (Phi) is 8.10. The Morgan fingerprint density at radius 1 is 1.17 bits per heavy atom. The molecule has 1 saturated heterocycles. The molecule has 0 spiro atoms. The minimum Gasteiger partial charge on any atom is -0.491 e. The number of aryl methyl sites for hydroxylation is 2. The molecule has 1 aliphatic heterocycles. The number of pyridine rings is 1. The summed E-state index contributed by atoms with van der Waals surface area (Å²) in [6.45, 7) is 4.28. The second-order valence-electron chi connectivity index (χ2n) is 6.90. The van der Waals surface area contributed by atoms with Gasteiger partial charge in [-0.2, -0.15) is 0 Å². The van der Waals surface area contributed by atoms with Crippen molar-refractivity contribution in [1.29, 1.82) is 0 Å². The molecule has 0 bridgehead atoms. The number of aromatic nitrogens is 1. The first-order chi connectivity index (χ1) is 14.2. The molecule has 1 aliphatic rings.